The maximum atomic E-state index is 10.9. The zero-order chi connectivity index (χ0) is 9.56. The van der Waals surface area contributed by atoms with Gasteiger partial charge in [0.1, 0.15) is 5.76 Å². The molecule has 0 aromatic heterocycles. The molecule has 12 heavy (non-hydrogen) atoms. The predicted octanol–water partition coefficient (Wildman–Crippen LogP) is 1.86. The number of rotatable bonds is 4. The summed E-state index contributed by atoms with van der Waals surface area (Å²) in [5.74, 6) is 0.189. The minimum Gasteiger partial charge on any atom is -0.500 e. The first kappa shape index (κ1) is 11.5. The summed E-state index contributed by atoms with van der Waals surface area (Å²) in [5, 5.41) is 0. The maximum absolute atomic E-state index is 10.9. The summed E-state index contributed by atoms with van der Waals surface area (Å²) in [4.78, 5) is 10.9. The third-order valence-electron chi connectivity index (χ3n) is 1.17. The molecule has 3 nitrogen and oxygen atoms in total. The average Bonchev–Trinajstić information content (AvgIpc) is 2.00. The van der Waals surface area contributed by atoms with Crippen molar-refractivity contribution >= 4 is 21.9 Å². The summed E-state index contributed by atoms with van der Waals surface area (Å²) in [6, 6.07) is 0. The number of esters is 1. The molecule has 0 aliphatic rings. The summed E-state index contributed by atoms with van der Waals surface area (Å²) in [6.07, 6.45) is 1.34. The second-order valence-corrected chi connectivity index (χ2v) is 3.49. The number of methoxy groups -OCH3 is 1. The highest BCUT2D eigenvalue weighted by atomic mass is 79.9. The van der Waals surface area contributed by atoms with Crippen molar-refractivity contribution in [1.29, 1.82) is 0 Å². The molecular weight excluding hydrogens is 224 g/mol. The Morgan fingerprint density at radius 3 is 2.58 bits per heavy atom. The minimum absolute atomic E-state index is 0.0203. The van der Waals surface area contributed by atoms with Crippen LogP contribution >= 0.6 is 15.9 Å². The van der Waals surface area contributed by atoms with E-state index in [1.54, 1.807) is 6.92 Å². The fourth-order valence-electron chi connectivity index (χ4n) is 0.636. The van der Waals surface area contributed by atoms with Crippen LogP contribution in [0.4, 0.5) is 0 Å². The van der Waals surface area contributed by atoms with Crippen LogP contribution in [0.25, 0.3) is 0 Å². The Morgan fingerprint density at radius 1 is 1.67 bits per heavy atom. The average molecular weight is 237 g/mol. The molecule has 0 radical (unpaired) electrons. The van der Waals surface area contributed by atoms with Crippen LogP contribution < -0.4 is 0 Å². The highest BCUT2D eigenvalue weighted by molar-refractivity contribution is 9.09. The number of carbonyl (C=O) groups is 1. The lowest BCUT2D eigenvalue weighted by atomic mass is 10.3. The quantitative estimate of drug-likeness (QED) is 0.324. The largest absolute Gasteiger partial charge is 0.500 e. The summed E-state index contributed by atoms with van der Waals surface area (Å²) in [5.41, 5.74) is 0. The van der Waals surface area contributed by atoms with Crippen LogP contribution in [0.15, 0.2) is 11.8 Å². The zero-order valence-corrected chi connectivity index (χ0v) is 9.05. The van der Waals surface area contributed by atoms with Gasteiger partial charge in [-0.15, -0.1) is 0 Å². The first-order chi connectivity index (χ1) is 5.61. The lowest BCUT2D eigenvalue weighted by Crippen LogP contribution is -2.06. The van der Waals surface area contributed by atoms with Gasteiger partial charge in [0.05, 0.1) is 24.6 Å². The molecule has 0 aromatic carbocycles. The SMILES string of the molecule is CCOC(=O)C=C(OC)C(C)Br. The van der Waals surface area contributed by atoms with Crippen molar-refractivity contribution in [2.24, 2.45) is 0 Å². The second-order valence-electron chi connectivity index (χ2n) is 2.12. The van der Waals surface area contributed by atoms with E-state index in [0.717, 1.165) is 0 Å². The number of allylic oxidation sites excluding steroid dienone is 1. The van der Waals surface area contributed by atoms with Crippen LogP contribution in [0.1, 0.15) is 13.8 Å². The van der Waals surface area contributed by atoms with E-state index in [4.69, 9.17) is 9.47 Å². The van der Waals surface area contributed by atoms with E-state index in [0.29, 0.717) is 12.4 Å². The summed E-state index contributed by atoms with van der Waals surface area (Å²) < 4.78 is 9.65. The lowest BCUT2D eigenvalue weighted by molar-refractivity contribution is -0.137. The van der Waals surface area contributed by atoms with E-state index in [1.807, 2.05) is 6.92 Å². The molecule has 0 aliphatic carbocycles. The molecule has 0 aliphatic heterocycles. The van der Waals surface area contributed by atoms with Gasteiger partial charge in [-0.05, 0) is 13.8 Å². The number of hydrogen-bond acceptors (Lipinski definition) is 3. The third-order valence-corrected chi connectivity index (χ3v) is 1.63. The zero-order valence-electron chi connectivity index (χ0n) is 7.46. The molecule has 4 heteroatoms. The van der Waals surface area contributed by atoms with E-state index >= 15 is 0 Å². The predicted molar refractivity (Wildman–Crippen MR) is 50.1 cm³/mol. The van der Waals surface area contributed by atoms with Gasteiger partial charge >= 0.3 is 5.97 Å². The summed E-state index contributed by atoms with van der Waals surface area (Å²) in [7, 11) is 1.52. The first-order valence-corrected chi connectivity index (χ1v) is 4.59. The van der Waals surface area contributed by atoms with Crippen LogP contribution in [0, 0.1) is 0 Å². The van der Waals surface area contributed by atoms with Gasteiger partial charge in [0.25, 0.3) is 0 Å². The molecule has 0 amide bonds. The van der Waals surface area contributed by atoms with Gasteiger partial charge in [-0.1, -0.05) is 15.9 Å². The number of ether oxygens (including phenoxy) is 2. The van der Waals surface area contributed by atoms with E-state index in [9.17, 15) is 4.79 Å². The molecule has 0 spiro atoms. The Hall–Kier alpha value is -0.510. The highest BCUT2D eigenvalue weighted by Gasteiger charge is 2.07. The van der Waals surface area contributed by atoms with E-state index in [-0.39, 0.29) is 10.8 Å². The van der Waals surface area contributed by atoms with Crippen LogP contribution in [-0.4, -0.2) is 24.5 Å². The molecule has 1 unspecified atom stereocenters. The van der Waals surface area contributed by atoms with Crippen LogP contribution in [0.5, 0.6) is 0 Å². The van der Waals surface area contributed by atoms with Gasteiger partial charge in [-0.2, -0.15) is 0 Å². The van der Waals surface area contributed by atoms with Crippen LogP contribution in [0.3, 0.4) is 0 Å². The van der Waals surface area contributed by atoms with Gasteiger partial charge in [-0.3, -0.25) is 0 Å². The summed E-state index contributed by atoms with van der Waals surface area (Å²) >= 11 is 3.28. The fourth-order valence-corrected chi connectivity index (χ4v) is 0.955. The number of carbonyl (C=O) groups excluding carboxylic acids is 1. The van der Waals surface area contributed by atoms with E-state index in [1.165, 1.54) is 13.2 Å². The van der Waals surface area contributed by atoms with Gasteiger partial charge in [-0.25, -0.2) is 4.79 Å². The highest BCUT2D eigenvalue weighted by Crippen LogP contribution is 2.11. The molecule has 0 N–H and O–H groups in total. The normalized spacial score (nSPS) is 13.8. The number of alkyl halides is 1. The molecule has 0 bridgehead atoms. The number of halogens is 1. The maximum Gasteiger partial charge on any atom is 0.334 e. The van der Waals surface area contributed by atoms with Crippen molar-refractivity contribution in [2.75, 3.05) is 13.7 Å². The molecular formula is C8H13BrO3. The molecule has 0 aromatic rings. The Balaban J connectivity index is 4.18. The Labute approximate surface area is 80.9 Å². The fraction of sp³-hybridized carbons (Fsp3) is 0.625. The van der Waals surface area contributed by atoms with E-state index in [2.05, 4.69) is 15.9 Å². The molecule has 0 heterocycles. The Morgan fingerprint density at radius 2 is 2.25 bits per heavy atom. The molecule has 1 atom stereocenters. The van der Waals surface area contributed by atoms with Gasteiger partial charge in [0.15, 0.2) is 0 Å². The van der Waals surface area contributed by atoms with Crippen LogP contribution in [-0.2, 0) is 14.3 Å². The summed E-state index contributed by atoms with van der Waals surface area (Å²) in [6.45, 7) is 4.01. The smallest absolute Gasteiger partial charge is 0.334 e. The standard InChI is InChI=1S/C8H13BrO3/c1-4-12-8(10)5-7(11-3)6(2)9/h5-6H,4H2,1-3H3. The first-order valence-electron chi connectivity index (χ1n) is 3.68. The topological polar surface area (TPSA) is 35.5 Å². The van der Waals surface area contributed by atoms with Gasteiger partial charge in [0, 0.05) is 0 Å². The van der Waals surface area contributed by atoms with Crippen molar-refractivity contribution in [3.05, 3.63) is 11.8 Å². The third kappa shape index (κ3) is 4.38. The Bertz CT molecular complexity index is 175. The van der Waals surface area contributed by atoms with E-state index < -0.39 is 0 Å². The Kier molecular flexibility index (Phi) is 5.80. The molecule has 0 saturated carbocycles. The molecule has 0 fully saturated rings. The minimum atomic E-state index is -0.374. The lowest BCUT2D eigenvalue weighted by Gasteiger charge is -2.07. The van der Waals surface area contributed by atoms with Crippen molar-refractivity contribution < 1.29 is 14.3 Å². The van der Waals surface area contributed by atoms with Crippen molar-refractivity contribution in [3.8, 4) is 0 Å². The number of hydrogen-bond donors (Lipinski definition) is 0. The molecule has 0 saturated heterocycles. The van der Waals surface area contributed by atoms with Crippen LogP contribution in [0.2, 0.25) is 0 Å². The van der Waals surface area contributed by atoms with Crippen molar-refractivity contribution in [3.63, 3.8) is 0 Å². The van der Waals surface area contributed by atoms with Crippen molar-refractivity contribution in [1.82, 2.24) is 0 Å². The molecule has 70 valence electrons. The second kappa shape index (κ2) is 6.06. The van der Waals surface area contributed by atoms with Gasteiger partial charge < -0.3 is 9.47 Å². The monoisotopic (exact) mass is 236 g/mol. The molecule has 0 rings (SSSR count). The van der Waals surface area contributed by atoms with Gasteiger partial charge in [0.2, 0.25) is 0 Å². The van der Waals surface area contributed by atoms with Crippen molar-refractivity contribution in [2.45, 2.75) is 18.7 Å².